The molecule has 2 aromatic carbocycles. The minimum Gasteiger partial charge on any atom is -0.346 e. The zero-order valence-corrected chi connectivity index (χ0v) is 21.0. The minimum atomic E-state index is -6.05. The zero-order chi connectivity index (χ0) is 29.0. The molecule has 1 fully saturated rings. The van der Waals surface area contributed by atoms with Crippen molar-refractivity contribution >= 4 is 63.9 Å². The van der Waals surface area contributed by atoms with Crippen LogP contribution in [0.5, 0.6) is 0 Å². The Hall–Kier alpha value is -2.09. The third-order valence-electron chi connectivity index (χ3n) is 5.41. The number of carbonyl (C=O) groups excluding carboxylic acids is 2. The van der Waals surface area contributed by atoms with Crippen LogP contribution in [0.2, 0.25) is 10.0 Å². The molecule has 0 spiro atoms. The summed E-state index contributed by atoms with van der Waals surface area (Å²) in [4.78, 5) is 25.0. The van der Waals surface area contributed by atoms with E-state index < -0.39 is 80.5 Å². The van der Waals surface area contributed by atoms with Crippen LogP contribution >= 0.6 is 46.4 Å². The lowest BCUT2D eigenvalue weighted by molar-refractivity contribution is -0.278. The van der Waals surface area contributed by atoms with Crippen LogP contribution in [0.3, 0.4) is 0 Å². The van der Waals surface area contributed by atoms with E-state index >= 15 is 0 Å². The average molecular weight is 636 g/mol. The van der Waals surface area contributed by atoms with Gasteiger partial charge in [-0.2, -0.15) is 35.1 Å². The van der Waals surface area contributed by atoms with Crippen LogP contribution < -0.4 is 10.6 Å². The molecule has 1 aliphatic carbocycles. The number of nitrogens with one attached hydrogen (secondary N) is 2. The Bertz CT molecular complexity index is 1280. The number of carbonyl (C=O) groups is 2. The summed E-state index contributed by atoms with van der Waals surface area (Å²) >= 11 is 23.6. The Labute approximate surface area is 227 Å². The van der Waals surface area contributed by atoms with Crippen molar-refractivity contribution in [2.45, 2.75) is 28.5 Å². The molecule has 0 bridgehead atoms. The molecule has 38 heavy (non-hydrogen) atoms. The summed E-state index contributed by atoms with van der Waals surface area (Å²) in [6.07, 6.45) is -11.3. The second kappa shape index (κ2) is 10.1. The van der Waals surface area contributed by atoms with E-state index in [1.165, 1.54) is 11.4 Å². The summed E-state index contributed by atoms with van der Waals surface area (Å²) in [5.41, 5.74) is -3.37. The van der Waals surface area contributed by atoms with Crippen LogP contribution in [-0.2, 0) is 11.0 Å². The summed E-state index contributed by atoms with van der Waals surface area (Å²) in [6, 6.07) is 4.17. The molecule has 208 valence electrons. The molecule has 0 heterocycles. The number of halogens is 13. The van der Waals surface area contributed by atoms with Crippen LogP contribution in [0.25, 0.3) is 0 Å². The van der Waals surface area contributed by atoms with Gasteiger partial charge in [-0.1, -0.05) is 29.3 Å². The molecule has 2 atom stereocenters. The summed E-state index contributed by atoms with van der Waals surface area (Å²) in [5.74, 6) is -11.3. The van der Waals surface area contributed by atoms with Crippen LogP contribution in [-0.4, -0.2) is 34.8 Å². The molecule has 0 aromatic heterocycles. The van der Waals surface area contributed by atoms with Gasteiger partial charge in [0.2, 0.25) is 5.91 Å². The zero-order valence-electron chi connectivity index (χ0n) is 18.0. The number of amides is 2. The van der Waals surface area contributed by atoms with Crippen LogP contribution in [0.4, 0.5) is 45.2 Å². The second-order valence-electron chi connectivity index (χ2n) is 8.06. The molecular formula is C21H11Cl4F9N2O2. The van der Waals surface area contributed by atoms with Gasteiger partial charge in [0.15, 0.2) is 0 Å². The van der Waals surface area contributed by atoms with Crippen LogP contribution in [0.15, 0.2) is 30.3 Å². The highest BCUT2D eigenvalue weighted by atomic mass is 35.5. The fraction of sp³-hybridized carbons (Fsp3) is 0.333. The molecular weight excluding hydrogens is 625 g/mol. The topological polar surface area (TPSA) is 58.2 Å². The highest BCUT2D eigenvalue weighted by molar-refractivity contribution is 6.53. The summed E-state index contributed by atoms with van der Waals surface area (Å²) < 4.78 is 116. The highest BCUT2D eigenvalue weighted by Gasteiger charge is 2.67. The van der Waals surface area contributed by atoms with E-state index in [4.69, 9.17) is 46.4 Å². The number of hydrogen-bond donors (Lipinski definition) is 2. The Balaban J connectivity index is 1.90. The van der Waals surface area contributed by atoms with E-state index in [1.807, 2.05) is 5.32 Å². The lowest BCUT2D eigenvalue weighted by atomic mass is 10.1. The minimum absolute atomic E-state index is 0.222. The molecule has 2 aromatic rings. The van der Waals surface area contributed by atoms with Gasteiger partial charge < -0.3 is 10.6 Å². The molecule has 4 nitrogen and oxygen atoms in total. The van der Waals surface area contributed by atoms with Crippen LogP contribution in [0, 0.1) is 11.7 Å². The number of benzene rings is 2. The van der Waals surface area contributed by atoms with Gasteiger partial charge in [0.1, 0.15) is 10.2 Å². The standard InChI is InChI=1S/C21H11Cl4F9N2O2/c22-11-3-7(1-2-12(11)26)13-14(19(13,24)25)17(38)36-8-4-9(15(23)10(5-8)20(29,30)31)16(37)35-6-18(27,28)21(32,33)34/h1-5,13-14H,6H2,(H,35,37)(H,36,38). The Morgan fingerprint density at radius 2 is 1.55 bits per heavy atom. The normalized spacial score (nSPS) is 19.2. The Kier molecular flexibility index (Phi) is 8.13. The van der Waals surface area contributed by atoms with Crippen molar-refractivity contribution < 1.29 is 49.1 Å². The van der Waals surface area contributed by atoms with Gasteiger partial charge in [-0.05, 0) is 29.8 Å². The third-order valence-corrected chi connectivity index (χ3v) is 7.05. The second-order valence-corrected chi connectivity index (χ2v) is 10.3. The first-order valence-electron chi connectivity index (χ1n) is 9.95. The maximum Gasteiger partial charge on any atom is 0.455 e. The third kappa shape index (κ3) is 6.05. The van der Waals surface area contributed by atoms with Gasteiger partial charge in [-0.15, -0.1) is 23.2 Å². The Morgan fingerprint density at radius 3 is 2.08 bits per heavy atom. The van der Waals surface area contributed by atoms with Crippen molar-refractivity contribution in [3.8, 4) is 0 Å². The Morgan fingerprint density at radius 1 is 0.947 bits per heavy atom. The van der Waals surface area contributed by atoms with Gasteiger partial charge in [0.25, 0.3) is 5.91 Å². The van der Waals surface area contributed by atoms with Crippen LogP contribution in [0.1, 0.15) is 27.4 Å². The molecule has 0 aliphatic heterocycles. The monoisotopic (exact) mass is 634 g/mol. The number of rotatable bonds is 6. The van der Waals surface area contributed by atoms with Crippen molar-refractivity contribution in [2.24, 2.45) is 5.92 Å². The fourth-order valence-electron chi connectivity index (χ4n) is 3.45. The van der Waals surface area contributed by atoms with Gasteiger partial charge in [-0.25, -0.2) is 4.39 Å². The predicted molar refractivity (Wildman–Crippen MR) is 120 cm³/mol. The maximum atomic E-state index is 13.5. The maximum absolute atomic E-state index is 13.5. The van der Waals surface area contributed by atoms with Gasteiger partial charge in [0, 0.05) is 11.6 Å². The predicted octanol–water partition coefficient (Wildman–Crippen LogP) is 7.60. The first-order chi connectivity index (χ1) is 17.2. The molecule has 1 aliphatic rings. The van der Waals surface area contributed by atoms with Crippen molar-refractivity contribution in [1.82, 2.24) is 5.32 Å². The van der Waals surface area contributed by atoms with Crippen molar-refractivity contribution in [3.05, 3.63) is 62.9 Å². The van der Waals surface area contributed by atoms with Gasteiger partial charge in [-0.3, -0.25) is 9.59 Å². The van der Waals surface area contributed by atoms with Crippen molar-refractivity contribution in [1.29, 1.82) is 0 Å². The van der Waals surface area contributed by atoms with Gasteiger partial charge in [0.05, 0.1) is 33.6 Å². The van der Waals surface area contributed by atoms with E-state index in [0.29, 0.717) is 12.1 Å². The SMILES string of the molecule is O=C(NCC(F)(F)C(F)(F)F)c1cc(NC(=O)C2C(c3ccc(F)c(Cl)c3)C2(Cl)Cl)cc(C(F)(F)F)c1Cl. The first kappa shape index (κ1) is 30.5. The molecule has 1 saturated carbocycles. The number of anilines is 1. The molecule has 0 radical (unpaired) electrons. The summed E-state index contributed by atoms with van der Waals surface area (Å²) in [7, 11) is 0. The first-order valence-corrected chi connectivity index (χ1v) is 11.5. The van der Waals surface area contributed by atoms with E-state index in [-0.39, 0.29) is 10.6 Å². The largest absolute Gasteiger partial charge is 0.455 e. The average Bonchev–Trinajstić information content (AvgIpc) is 3.35. The van der Waals surface area contributed by atoms with Crippen molar-refractivity contribution in [3.63, 3.8) is 0 Å². The lowest BCUT2D eigenvalue weighted by Crippen LogP contribution is -2.46. The van der Waals surface area contributed by atoms with E-state index in [0.717, 1.165) is 12.1 Å². The molecule has 2 amide bonds. The fourth-order valence-corrected chi connectivity index (χ4v) is 4.77. The molecule has 2 unspecified atom stereocenters. The van der Waals surface area contributed by atoms with E-state index in [9.17, 15) is 49.1 Å². The quantitative estimate of drug-likeness (QED) is 0.254. The molecule has 2 N–H and O–H groups in total. The smallest absolute Gasteiger partial charge is 0.346 e. The van der Waals surface area contributed by atoms with E-state index in [2.05, 4.69) is 0 Å². The summed E-state index contributed by atoms with van der Waals surface area (Å²) in [6.45, 7) is -2.30. The molecule has 3 rings (SSSR count). The number of hydrogen-bond acceptors (Lipinski definition) is 2. The highest BCUT2D eigenvalue weighted by Crippen LogP contribution is 2.65. The lowest BCUT2D eigenvalue weighted by Gasteiger charge is -2.20. The number of alkyl halides is 10. The van der Waals surface area contributed by atoms with Crippen molar-refractivity contribution in [2.75, 3.05) is 11.9 Å². The van der Waals surface area contributed by atoms with Gasteiger partial charge >= 0.3 is 18.3 Å². The van der Waals surface area contributed by atoms with E-state index in [1.54, 1.807) is 0 Å². The summed E-state index contributed by atoms with van der Waals surface area (Å²) in [5, 5.41) is 1.56. The molecule has 0 saturated heterocycles. The molecule has 17 heteroatoms.